The van der Waals surface area contributed by atoms with Gasteiger partial charge in [0.1, 0.15) is 11.3 Å². The quantitative estimate of drug-likeness (QED) is 0.569. The monoisotopic (exact) mass is 333 g/mol. The highest BCUT2D eigenvalue weighted by Gasteiger charge is 2.26. The summed E-state index contributed by atoms with van der Waals surface area (Å²) in [6, 6.07) is 14.0. The van der Waals surface area contributed by atoms with E-state index in [1.165, 1.54) is 12.8 Å². The molecule has 2 aromatic heterocycles. The Kier molecular flexibility index (Phi) is 3.06. The Hall–Kier alpha value is -3.22. The highest BCUT2D eigenvalue weighted by atomic mass is 16.5. The molecule has 0 amide bonds. The average molecular weight is 333 g/mol. The third kappa shape index (κ3) is 2.36. The average Bonchev–Trinajstić information content (AvgIpc) is 3.22. The van der Waals surface area contributed by atoms with Crippen molar-refractivity contribution in [1.82, 2.24) is 25.1 Å². The Morgan fingerprint density at radius 3 is 2.88 bits per heavy atom. The Morgan fingerprint density at radius 1 is 1.16 bits per heavy atom. The Bertz CT molecular complexity index is 1060. The smallest absolute Gasteiger partial charge is 0.258 e. The third-order valence-electron chi connectivity index (χ3n) is 4.38. The topological polar surface area (TPSA) is 78.9 Å². The molecular weight excluding hydrogens is 318 g/mol. The molecule has 0 atom stereocenters. The maximum absolute atomic E-state index is 5.45. The number of hydrogen-bond donors (Lipinski definition) is 0. The van der Waals surface area contributed by atoms with Crippen LogP contribution in [0.3, 0.4) is 0 Å². The molecule has 4 aromatic rings. The van der Waals surface area contributed by atoms with Crippen molar-refractivity contribution in [2.24, 2.45) is 0 Å². The van der Waals surface area contributed by atoms with E-state index in [-0.39, 0.29) is 0 Å². The van der Waals surface area contributed by atoms with Crippen molar-refractivity contribution in [1.29, 1.82) is 0 Å². The van der Waals surface area contributed by atoms with Gasteiger partial charge in [-0.1, -0.05) is 22.5 Å². The first-order valence-electron chi connectivity index (χ1n) is 8.16. The zero-order valence-corrected chi connectivity index (χ0v) is 13.6. The molecule has 0 N–H and O–H groups in total. The van der Waals surface area contributed by atoms with Crippen LogP contribution in [-0.4, -0.2) is 32.2 Å². The molecule has 0 aliphatic heterocycles. The van der Waals surface area contributed by atoms with Gasteiger partial charge < -0.3 is 9.26 Å². The van der Waals surface area contributed by atoms with Gasteiger partial charge in [0.25, 0.3) is 5.89 Å². The molecule has 0 spiro atoms. The summed E-state index contributed by atoms with van der Waals surface area (Å²) in [6.45, 7) is 0. The lowest BCUT2D eigenvalue weighted by Gasteiger charge is -2.03. The maximum Gasteiger partial charge on any atom is 0.258 e. The molecule has 5 rings (SSSR count). The number of rotatable bonds is 4. The lowest BCUT2D eigenvalue weighted by molar-refractivity contribution is 0.413. The van der Waals surface area contributed by atoms with Crippen molar-refractivity contribution in [2.75, 3.05) is 7.11 Å². The molecule has 0 saturated heterocycles. The molecule has 124 valence electrons. The standard InChI is InChI=1S/C18H15N5O2/c1-24-16-5-3-2-4-13(16)17-19-18(25-21-17)11-6-9-15-14(10-11)20-22-23(15)12-7-8-12/h2-6,9-10,12H,7-8H2,1H3. The number of nitrogens with zero attached hydrogens (tertiary/aromatic N) is 5. The third-order valence-corrected chi connectivity index (χ3v) is 4.38. The van der Waals surface area contributed by atoms with E-state index in [0.717, 1.165) is 22.2 Å². The number of hydrogen-bond acceptors (Lipinski definition) is 6. The number of para-hydroxylation sites is 1. The minimum Gasteiger partial charge on any atom is -0.496 e. The summed E-state index contributed by atoms with van der Waals surface area (Å²) in [4.78, 5) is 4.51. The molecular formula is C18H15N5O2. The summed E-state index contributed by atoms with van der Waals surface area (Å²) in [5.41, 5.74) is 3.49. The summed E-state index contributed by atoms with van der Waals surface area (Å²) in [5, 5.41) is 12.6. The Balaban J connectivity index is 1.53. The first-order chi connectivity index (χ1) is 12.3. The predicted molar refractivity (Wildman–Crippen MR) is 91.1 cm³/mol. The molecule has 0 bridgehead atoms. The second kappa shape index (κ2) is 5.41. The van der Waals surface area contributed by atoms with Crippen LogP contribution in [0, 0.1) is 0 Å². The van der Waals surface area contributed by atoms with Crippen LogP contribution in [0.15, 0.2) is 47.0 Å². The van der Waals surface area contributed by atoms with Crippen LogP contribution in [0.25, 0.3) is 33.9 Å². The van der Waals surface area contributed by atoms with Crippen LogP contribution in [0.2, 0.25) is 0 Å². The summed E-state index contributed by atoms with van der Waals surface area (Å²) in [6.07, 6.45) is 2.35. The SMILES string of the molecule is COc1ccccc1-c1noc(-c2ccc3c(c2)nnn3C2CC2)n1. The van der Waals surface area contributed by atoms with E-state index in [2.05, 4.69) is 20.5 Å². The fourth-order valence-electron chi connectivity index (χ4n) is 2.94. The predicted octanol–water partition coefficient (Wildman–Crippen LogP) is 3.49. The summed E-state index contributed by atoms with van der Waals surface area (Å²) in [7, 11) is 1.62. The number of methoxy groups -OCH3 is 1. The van der Waals surface area contributed by atoms with Crippen molar-refractivity contribution in [3.8, 4) is 28.6 Å². The number of aromatic nitrogens is 5. The van der Waals surface area contributed by atoms with Gasteiger partial charge in [0.05, 0.1) is 24.2 Å². The second-order valence-corrected chi connectivity index (χ2v) is 6.09. The zero-order valence-electron chi connectivity index (χ0n) is 13.6. The van der Waals surface area contributed by atoms with Crippen molar-refractivity contribution < 1.29 is 9.26 Å². The molecule has 0 unspecified atom stereocenters. The minimum atomic E-state index is 0.448. The van der Waals surface area contributed by atoms with Gasteiger partial charge in [-0.05, 0) is 43.2 Å². The molecule has 25 heavy (non-hydrogen) atoms. The molecule has 2 aromatic carbocycles. The number of ether oxygens (including phenoxy) is 1. The van der Waals surface area contributed by atoms with E-state index >= 15 is 0 Å². The molecule has 2 heterocycles. The summed E-state index contributed by atoms with van der Waals surface area (Å²) >= 11 is 0. The molecule has 1 saturated carbocycles. The van der Waals surface area contributed by atoms with E-state index in [1.807, 2.05) is 47.1 Å². The first-order valence-corrected chi connectivity index (χ1v) is 8.16. The van der Waals surface area contributed by atoms with Crippen molar-refractivity contribution in [3.63, 3.8) is 0 Å². The second-order valence-electron chi connectivity index (χ2n) is 6.09. The van der Waals surface area contributed by atoms with E-state index in [9.17, 15) is 0 Å². The van der Waals surface area contributed by atoms with Crippen LogP contribution in [0.1, 0.15) is 18.9 Å². The van der Waals surface area contributed by atoms with Crippen molar-refractivity contribution in [2.45, 2.75) is 18.9 Å². The van der Waals surface area contributed by atoms with Crippen LogP contribution in [0.5, 0.6) is 5.75 Å². The van der Waals surface area contributed by atoms with E-state index < -0.39 is 0 Å². The van der Waals surface area contributed by atoms with Gasteiger partial charge in [0.2, 0.25) is 5.82 Å². The van der Waals surface area contributed by atoms with Crippen LogP contribution in [0.4, 0.5) is 0 Å². The van der Waals surface area contributed by atoms with Gasteiger partial charge in [-0.2, -0.15) is 4.98 Å². The Morgan fingerprint density at radius 2 is 2.04 bits per heavy atom. The number of benzene rings is 2. The lowest BCUT2D eigenvalue weighted by atomic mass is 10.2. The summed E-state index contributed by atoms with van der Waals surface area (Å²) < 4.78 is 12.8. The molecule has 0 radical (unpaired) electrons. The normalized spacial score (nSPS) is 14.1. The van der Waals surface area contributed by atoms with Crippen LogP contribution in [-0.2, 0) is 0 Å². The van der Waals surface area contributed by atoms with E-state index in [4.69, 9.17) is 9.26 Å². The maximum atomic E-state index is 5.45. The van der Waals surface area contributed by atoms with Gasteiger partial charge in [-0.15, -0.1) is 5.10 Å². The van der Waals surface area contributed by atoms with Gasteiger partial charge in [0.15, 0.2) is 0 Å². The van der Waals surface area contributed by atoms with Crippen LogP contribution >= 0.6 is 0 Å². The number of fused-ring (bicyclic) bond motifs is 1. The lowest BCUT2D eigenvalue weighted by Crippen LogP contribution is -1.95. The molecule has 7 nitrogen and oxygen atoms in total. The highest BCUT2D eigenvalue weighted by Crippen LogP contribution is 2.36. The molecule has 1 aliphatic carbocycles. The van der Waals surface area contributed by atoms with Crippen LogP contribution < -0.4 is 4.74 Å². The van der Waals surface area contributed by atoms with Gasteiger partial charge >= 0.3 is 0 Å². The molecule has 1 aliphatic rings. The van der Waals surface area contributed by atoms with E-state index in [0.29, 0.717) is 23.5 Å². The fraction of sp³-hybridized carbons (Fsp3) is 0.222. The molecule has 7 heteroatoms. The highest BCUT2D eigenvalue weighted by molar-refractivity contribution is 5.80. The van der Waals surface area contributed by atoms with Gasteiger partial charge in [-0.25, -0.2) is 4.68 Å². The minimum absolute atomic E-state index is 0.448. The van der Waals surface area contributed by atoms with E-state index in [1.54, 1.807) is 7.11 Å². The summed E-state index contributed by atoms with van der Waals surface area (Å²) in [5.74, 6) is 1.65. The Labute approximate surface area is 143 Å². The van der Waals surface area contributed by atoms with Gasteiger partial charge in [0, 0.05) is 5.56 Å². The van der Waals surface area contributed by atoms with Crippen molar-refractivity contribution in [3.05, 3.63) is 42.5 Å². The first kappa shape index (κ1) is 14.2. The molecule has 1 fully saturated rings. The zero-order chi connectivity index (χ0) is 16.8. The van der Waals surface area contributed by atoms with Gasteiger partial charge in [-0.3, -0.25) is 0 Å². The van der Waals surface area contributed by atoms with Crippen molar-refractivity contribution >= 4 is 11.0 Å². The largest absolute Gasteiger partial charge is 0.496 e. The fourth-order valence-corrected chi connectivity index (χ4v) is 2.94.